The fourth-order valence-corrected chi connectivity index (χ4v) is 4.31. The first-order chi connectivity index (χ1) is 8.83. The highest BCUT2D eigenvalue weighted by Gasteiger charge is 2.24. The first-order valence-electron chi connectivity index (χ1n) is 7.60. The van der Waals surface area contributed by atoms with Crippen molar-refractivity contribution in [2.45, 2.75) is 64.8 Å². The average Bonchev–Trinajstić information content (AvgIpc) is 2.73. The van der Waals surface area contributed by atoms with E-state index in [1.807, 2.05) is 11.3 Å². The van der Waals surface area contributed by atoms with Crippen LogP contribution in [-0.4, -0.2) is 6.54 Å². The summed E-state index contributed by atoms with van der Waals surface area (Å²) in [7, 11) is 0. The highest BCUT2D eigenvalue weighted by molar-refractivity contribution is 7.10. The van der Waals surface area contributed by atoms with Crippen molar-refractivity contribution in [3.8, 4) is 0 Å². The normalized spacial score (nSPS) is 20.3. The molecule has 0 saturated heterocycles. The van der Waals surface area contributed by atoms with Crippen LogP contribution in [0.4, 0.5) is 0 Å². The topological polar surface area (TPSA) is 12.0 Å². The van der Waals surface area contributed by atoms with Crippen molar-refractivity contribution >= 4 is 11.3 Å². The molecule has 1 aromatic heterocycles. The number of hydrogen-bond donors (Lipinski definition) is 1. The number of rotatable bonds is 4. The maximum absolute atomic E-state index is 3.75. The molecule has 0 spiro atoms. The van der Waals surface area contributed by atoms with E-state index in [4.69, 9.17) is 0 Å². The molecule has 0 amide bonds. The summed E-state index contributed by atoms with van der Waals surface area (Å²) in [4.78, 5) is 1.59. The van der Waals surface area contributed by atoms with Crippen LogP contribution in [0.5, 0.6) is 0 Å². The SMILES string of the molecule is CCNC(c1sccc1C)C1CCCCCCC1. The molecule has 1 fully saturated rings. The van der Waals surface area contributed by atoms with E-state index < -0.39 is 0 Å². The second-order valence-corrected chi connectivity index (χ2v) is 6.56. The minimum atomic E-state index is 0.605. The molecule has 1 aromatic rings. The first kappa shape index (κ1) is 14.1. The van der Waals surface area contributed by atoms with Crippen LogP contribution >= 0.6 is 11.3 Å². The summed E-state index contributed by atoms with van der Waals surface area (Å²) in [6, 6.07) is 2.88. The average molecular weight is 265 g/mol. The Balaban J connectivity index is 2.10. The van der Waals surface area contributed by atoms with E-state index in [-0.39, 0.29) is 0 Å². The fraction of sp³-hybridized carbons (Fsp3) is 0.750. The number of aryl methyl sites for hydroxylation is 1. The van der Waals surface area contributed by atoms with Crippen molar-refractivity contribution in [1.82, 2.24) is 5.32 Å². The maximum Gasteiger partial charge on any atom is 0.0446 e. The molecule has 0 bridgehead atoms. The molecular weight excluding hydrogens is 238 g/mol. The van der Waals surface area contributed by atoms with E-state index in [1.165, 1.54) is 50.5 Å². The largest absolute Gasteiger partial charge is 0.309 e. The van der Waals surface area contributed by atoms with Gasteiger partial charge in [0.25, 0.3) is 0 Å². The number of hydrogen-bond acceptors (Lipinski definition) is 2. The van der Waals surface area contributed by atoms with Gasteiger partial charge in [-0.2, -0.15) is 0 Å². The minimum Gasteiger partial charge on any atom is -0.309 e. The van der Waals surface area contributed by atoms with Crippen molar-refractivity contribution in [3.05, 3.63) is 21.9 Å². The maximum atomic E-state index is 3.75. The fourth-order valence-electron chi connectivity index (χ4n) is 3.22. The van der Waals surface area contributed by atoms with Crippen LogP contribution in [0.2, 0.25) is 0 Å². The Morgan fingerprint density at radius 1 is 1.22 bits per heavy atom. The summed E-state index contributed by atoms with van der Waals surface area (Å²) in [6.07, 6.45) is 10.0. The zero-order valence-electron chi connectivity index (χ0n) is 11.9. The summed E-state index contributed by atoms with van der Waals surface area (Å²) in [5, 5.41) is 6.00. The van der Waals surface area contributed by atoms with E-state index in [0.29, 0.717) is 6.04 Å². The molecule has 1 heterocycles. The summed E-state index contributed by atoms with van der Waals surface area (Å²) in [6.45, 7) is 5.58. The molecule has 1 unspecified atom stereocenters. The zero-order valence-corrected chi connectivity index (χ0v) is 12.7. The Morgan fingerprint density at radius 2 is 1.89 bits per heavy atom. The monoisotopic (exact) mass is 265 g/mol. The van der Waals surface area contributed by atoms with Gasteiger partial charge in [-0.3, -0.25) is 0 Å². The van der Waals surface area contributed by atoms with Crippen LogP contribution in [0, 0.1) is 12.8 Å². The number of thiophene rings is 1. The summed E-state index contributed by atoms with van der Waals surface area (Å²) in [5.74, 6) is 0.850. The van der Waals surface area contributed by atoms with Gasteiger partial charge in [0, 0.05) is 10.9 Å². The molecule has 2 heteroatoms. The molecule has 18 heavy (non-hydrogen) atoms. The predicted molar refractivity (Wildman–Crippen MR) is 81.3 cm³/mol. The third kappa shape index (κ3) is 3.58. The Kier molecular flexibility index (Phi) is 5.71. The van der Waals surface area contributed by atoms with Crippen molar-refractivity contribution in [3.63, 3.8) is 0 Å². The van der Waals surface area contributed by atoms with Crippen molar-refractivity contribution in [2.75, 3.05) is 6.54 Å². The van der Waals surface area contributed by atoms with Crippen LogP contribution in [0.25, 0.3) is 0 Å². The lowest BCUT2D eigenvalue weighted by molar-refractivity contribution is 0.294. The minimum absolute atomic E-state index is 0.605. The Labute approximate surface area is 116 Å². The van der Waals surface area contributed by atoms with E-state index in [1.54, 1.807) is 4.88 Å². The van der Waals surface area contributed by atoms with Crippen molar-refractivity contribution in [2.24, 2.45) is 5.92 Å². The lowest BCUT2D eigenvalue weighted by Gasteiger charge is -2.29. The van der Waals surface area contributed by atoms with Gasteiger partial charge in [-0.05, 0) is 49.2 Å². The summed E-state index contributed by atoms with van der Waals surface area (Å²) >= 11 is 1.94. The first-order valence-corrected chi connectivity index (χ1v) is 8.48. The van der Waals surface area contributed by atoms with E-state index >= 15 is 0 Å². The third-order valence-corrected chi connectivity index (χ3v) is 5.33. The van der Waals surface area contributed by atoms with Gasteiger partial charge in [-0.25, -0.2) is 0 Å². The smallest absolute Gasteiger partial charge is 0.0446 e. The van der Waals surface area contributed by atoms with Crippen molar-refractivity contribution in [1.29, 1.82) is 0 Å². The lowest BCUT2D eigenvalue weighted by Crippen LogP contribution is -2.28. The Morgan fingerprint density at radius 3 is 2.44 bits per heavy atom. The third-order valence-electron chi connectivity index (χ3n) is 4.23. The van der Waals surface area contributed by atoms with Gasteiger partial charge in [0.2, 0.25) is 0 Å². The van der Waals surface area contributed by atoms with Crippen LogP contribution in [0.15, 0.2) is 11.4 Å². The molecule has 1 atom stereocenters. The zero-order chi connectivity index (χ0) is 12.8. The molecule has 0 aliphatic heterocycles. The lowest BCUT2D eigenvalue weighted by atomic mass is 9.84. The Bertz CT molecular complexity index is 337. The predicted octanol–water partition coefficient (Wildman–Crippen LogP) is 5.07. The van der Waals surface area contributed by atoms with Gasteiger partial charge in [0.05, 0.1) is 0 Å². The van der Waals surface area contributed by atoms with Gasteiger partial charge in [0.15, 0.2) is 0 Å². The molecule has 0 aromatic carbocycles. The summed E-state index contributed by atoms with van der Waals surface area (Å²) in [5.41, 5.74) is 1.48. The molecule has 0 radical (unpaired) electrons. The molecule has 1 saturated carbocycles. The van der Waals surface area contributed by atoms with Crippen molar-refractivity contribution < 1.29 is 0 Å². The van der Waals surface area contributed by atoms with E-state index in [2.05, 4.69) is 30.6 Å². The van der Waals surface area contributed by atoms with Crippen LogP contribution in [0.3, 0.4) is 0 Å². The van der Waals surface area contributed by atoms with Crippen LogP contribution in [0.1, 0.15) is 68.4 Å². The standard InChI is InChI=1S/C16H27NS/c1-3-17-15(16-13(2)11-12-18-16)14-9-7-5-4-6-8-10-14/h11-12,14-15,17H,3-10H2,1-2H3. The van der Waals surface area contributed by atoms with Gasteiger partial charge in [-0.15, -0.1) is 11.3 Å². The quantitative estimate of drug-likeness (QED) is 0.801. The molecule has 1 aliphatic rings. The van der Waals surface area contributed by atoms with E-state index in [9.17, 15) is 0 Å². The van der Waals surface area contributed by atoms with Gasteiger partial charge < -0.3 is 5.32 Å². The van der Waals surface area contributed by atoms with E-state index in [0.717, 1.165) is 12.5 Å². The molecule has 1 N–H and O–H groups in total. The highest BCUT2D eigenvalue weighted by atomic mass is 32.1. The molecule has 102 valence electrons. The molecule has 1 nitrogen and oxygen atoms in total. The molecule has 2 rings (SSSR count). The highest BCUT2D eigenvalue weighted by Crippen LogP contribution is 2.36. The molecular formula is C16H27NS. The van der Waals surface area contributed by atoms with Crippen LogP contribution < -0.4 is 5.32 Å². The van der Waals surface area contributed by atoms with Gasteiger partial charge in [-0.1, -0.05) is 39.0 Å². The van der Waals surface area contributed by atoms with Gasteiger partial charge in [0.1, 0.15) is 0 Å². The summed E-state index contributed by atoms with van der Waals surface area (Å²) < 4.78 is 0. The van der Waals surface area contributed by atoms with Crippen LogP contribution in [-0.2, 0) is 0 Å². The second kappa shape index (κ2) is 7.30. The second-order valence-electron chi connectivity index (χ2n) is 5.61. The molecule has 1 aliphatic carbocycles. The van der Waals surface area contributed by atoms with Gasteiger partial charge >= 0.3 is 0 Å². The Hall–Kier alpha value is -0.340. The number of nitrogens with one attached hydrogen (secondary N) is 1.